The van der Waals surface area contributed by atoms with Crippen molar-refractivity contribution in [3.05, 3.63) is 65.2 Å². The summed E-state index contributed by atoms with van der Waals surface area (Å²) < 4.78 is 41.7. The Morgan fingerprint density at radius 1 is 1.20 bits per heavy atom. The highest BCUT2D eigenvalue weighted by Crippen LogP contribution is 2.40. The van der Waals surface area contributed by atoms with E-state index in [2.05, 4.69) is 9.73 Å². The van der Waals surface area contributed by atoms with Gasteiger partial charge in [0.15, 0.2) is 17.3 Å². The van der Waals surface area contributed by atoms with Crippen LogP contribution in [-0.2, 0) is 10.3 Å². The minimum absolute atomic E-state index is 0.0259. The maximum absolute atomic E-state index is 13.2. The summed E-state index contributed by atoms with van der Waals surface area (Å²) in [7, 11) is 1.47. The number of hydrogen-bond acceptors (Lipinski definition) is 5. The second-order valence-corrected chi connectivity index (χ2v) is 6.74. The van der Waals surface area contributed by atoms with E-state index in [1.165, 1.54) is 42.3 Å². The number of amides is 1. The predicted molar refractivity (Wildman–Crippen MR) is 104 cm³/mol. The Hall–Kier alpha value is -3.36. The maximum Gasteiger partial charge on any atom is 0.387 e. The normalized spacial score (nSPS) is 18.6. The topological polar surface area (TPSA) is 85.0 Å². The number of halogens is 3. The highest BCUT2D eigenvalue weighted by molar-refractivity contribution is 6.09. The molecule has 1 aliphatic heterocycles. The van der Waals surface area contributed by atoms with Crippen molar-refractivity contribution in [1.82, 2.24) is 4.90 Å². The number of ether oxygens (including phenoxy) is 1. The van der Waals surface area contributed by atoms with Gasteiger partial charge in [0.2, 0.25) is 0 Å². The number of ketones is 1. The molecule has 1 aliphatic rings. The average Bonchev–Trinajstić information content (AvgIpc) is 2.97. The third-order valence-electron chi connectivity index (χ3n) is 4.88. The zero-order valence-corrected chi connectivity index (χ0v) is 16.1. The minimum Gasteiger partial charge on any atom is -0.435 e. The van der Waals surface area contributed by atoms with Gasteiger partial charge in [-0.1, -0.05) is 30.3 Å². The first-order valence-corrected chi connectivity index (χ1v) is 9.18. The van der Waals surface area contributed by atoms with Crippen LogP contribution in [-0.4, -0.2) is 42.9 Å². The lowest BCUT2D eigenvalue weighted by molar-refractivity contribution is -0.129. The third kappa shape index (κ3) is 3.87. The lowest BCUT2D eigenvalue weighted by Crippen LogP contribution is -2.41. The molecular formula is C21H20F3N3O3. The van der Waals surface area contributed by atoms with E-state index in [4.69, 9.17) is 5.73 Å². The molecule has 9 heteroatoms. The van der Waals surface area contributed by atoms with Crippen molar-refractivity contribution in [1.29, 1.82) is 0 Å². The van der Waals surface area contributed by atoms with Gasteiger partial charge in [0, 0.05) is 19.0 Å². The van der Waals surface area contributed by atoms with Crippen molar-refractivity contribution in [3.63, 3.8) is 0 Å². The number of benzene rings is 2. The Morgan fingerprint density at radius 3 is 2.47 bits per heavy atom. The zero-order valence-electron chi connectivity index (χ0n) is 16.1. The van der Waals surface area contributed by atoms with Crippen LogP contribution < -0.4 is 10.5 Å². The summed E-state index contributed by atoms with van der Waals surface area (Å²) in [6.07, 6.45) is 0.137. The van der Waals surface area contributed by atoms with Crippen molar-refractivity contribution in [2.45, 2.75) is 25.0 Å². The number of Topliss-reactive ketones (excluding diaryl/α,β-unsaturated/α-hetero) is 1. The smallest absolute Gasteiger partial charge is 0.387 e. The molecule has 0 saturated carbocycles. The van der Waals surface area contributed by atoms with Crippen LogP contribution in [0.5, 0.6) is 5.75 Å². The van der Waals surface area contributed by atoms with Gasteiger partial charge in [-0.25, -0.2) is 4.99 Å². The molecule has 0 saturated heterocycles. The molecule has 1 heterocycles. The molecule has 2 aromatic carbocycles. The van der Waals surface area contributed by atoms with E-state index in [9.17, 15) is 22.8 Å². The van der Waals surface area contributed by atoms with Crippen molar-refractivity contribution in [3.8, 4) is 5.75 Å². The fourth-order valence-corrected chi connectivity index (χ4v) is 3.35. The summed E-state index contributed by atoms with van der Waals surface area (Å²) >= 11 is 0. The number of guanidine groups is 1. The first-order chi connectivity index (χ1) is 14.3. The van der Waals surface area contributed by atoms with E-state index >= 15 is 0 Å². The zero-order chi connectivity index (χ0) is 21.9. The second kappa shape index (κ2) is 8.56. The standard InChI is InChI=1S/C21H20F3N3O3/c1-27-18(29)21(26-20(27)25,14-7-9-16(10-8-14)30-19(23)24)15-5-2-4-13(12-15)17(28)6-3-11-22/h2,4-5,7-10,12,19H,3,6,11H2,1H3,(H2,25,26)/t21-/m1/s1. The number of hydrogen-bond donors (Lipinski definition) is 1. The molecule has 158 valence electrons. The van der Waals surface area contributed by atoms with Crippen LogP contribution in [0.15, 0.2) is 53.5 Å². The molecule has 0 bridgehead atoms. The van der Waals surface area contributed by atoms with Gasteiger partial charge in [-0.15, -0.1) is 0 Å². The van der Waals surface area contributed by atoms with Gasteiger partial charge in [0.05, 0.1) is 6.67 Å². The Balaban J connectivity index is 2.09. The molecule has 0 aliphatic carbocycles. The van der Waals surface area contributed by atoms with Crippen LogP contribution in [0.2, 0.25) is 0 Å². The number of nitrogens with two attached hydrogens (primary N) is 1. The van der Waals surface area contributed by atoms with Crippen molar-refractivity contribution < 1.29 is 27.5 Å². The second-order valence-electron chi connectivity index (χ2n) is 6.74. The van der Waals surface area contributed by atoms with E-state index < -0.39 is 24.7 Å². The van der Waals surface area contributed by atoms with Gasteiger partial charge < -0.3 is 10.5 Å². The van der Waals surface area contributed by atoms with Gasteiger partial charge in [0.1, 0.15) is 5.75 Å². The van der Waals surface area contributed by atoms with Crippen LogP contribution in [0, 0.1) is 0 Å². The van der Waals surface area contributed by atoms with Crippen LogP contribution in [0.3, 0.4) is 0 Å². The Bertz CT molecular complexity index is 979. The van der Waals surface area contributed by atoms with E-state index in [1.807, 2.05) is 0 Å². The van der Waals surface area contributed by atoms with Crippen LogP contribution in [0.4, 0.5) is 13.2 Å². The minimum atomic E-state index is -2.98. The number of alkyl halides is 3. The fraction of sp³-hybridized carbons (Fsp3) is 0.286. The van der Waals surface area contributed by atoms with Crippen molar-refractivity contribution in [2.75, 3.05) is 13.7 Å². The molecule has 0 fully saturated rings. The van der Waals surface area contributed by atoms with Crippen LogP contribution in [0.1, 0.15) is 34.3 Å². The van der Waals surface area contributed by atoms with Gasteiger partial charge in [-0.05, 0) is 35.7 Å². The predicted octanol–water partition coefficient (Wildman–Crippen LogP) is 3.25. The summed E-state index contributed by atoms with van der Waals surface area (Å²) in [5.74, 6) is -0.825. The Kier molecular flexibility index (Phi) is 6.09. The molecule has 0 unspecified atom stereocenters. The van der Waals surface area contributed by atoms with Gasteiger partial charge in [-0.2, -0.15) is 8.78 Å². The van der Waals surface area contributed by atoms with Crippen molar-refractivity contribution >= 4 is 17.6 Å². The molecule has 0 aromatic heterocycles. The monoisotopic (exact) mass is 419 g/mol. The Morgan fingerprint density at radius 2 is 1.90 bits per heavy atom. The lowest BCUT2D eigenvalue weighted by atomic mass is 9.82. The maximum atomic E-state index is 13.2. The molecule has 2 aromatic rings. The number of carbonyl (C=O) groups excluding carboxylic acids is 2. The quantitative estimate of drug-likeness (QED) is 0.666. The number of nitrogens with zero attached hydrogens (tertiary/aromatic N) is 2. The third-order valence-corrected chi connectivity index (χ3v) is 4.88. The van der Waals surface area contributed by atoms with E-state index in [0.717, 1.165) is 0 Å². The summed E-state index contributed by atoms with van der Waals surface area (Å²) in [5, 5.41) is 0. The fourth-order valence-electron chi connectivity index (χ4n) is 3.35. The number of likely N-dealkylation sites (N-methyl/N-ethyl adjacent to an activating group) is 1. The van der Waals surface area contributed by atoms with Crippen LogP contribution >= 0.6 is 0 Å². The van der Waals surface area contributed by atoms with E-state index in [-0.39, 0.29) is 30.3 Å². The summed E-state index contributed by atoms with van der Waals surface area (Å²) in [5.41, 5.74) is 5.38. The van der Waals surface area contributed by atoms with E-state index in [0.29, 0.717) is 16.7 Å². The molecule has 0 spiro atoms. The average molecular weight is 419 g/mol. The Labute approximate surface area is 171 Å². The first-order valence-electron chi connectivity index (χ1n) is 9.18. The van der Waals surface area contributed by atoms with E-state index in [1.54, 1.807) is 18.2 Å². The molecule has 30 heavy (non-hydrogen) atoms. The van der Waals surface area contributed by atoms with Gasteiger partial charge >= 0.3 is 6.61 Å². The number of carbonyl (C=O) groups is 2. The molecule has 6 nitrogen and oxygen atoms in total. The first kappa shape index (κ1) is 21.4. The van der Waals surface area contributed by atoms with Gasteiger partial charge in [-0.3, -0.25) is 18.9 Å². The molecular weight excluding hydrogens is 399 g/mol. The molecule has 1 atom stereocenters. The number of rotatable bonds is 8. The molecule has 2 N–H and O–H groups in total. The summed E-state index contributed by atoms with van der Waals surface area (Å²) in [6, 6.07) is 11.8. The lowest BCUT2D eigenvalue weighted by Gasteiger charge is -2.26. The summed E-state index contributed by atoms with van der Waals surface area (Å²) in [4.78, 5) is 31.1. The van der Waals surface area contributed by atoms with Crippen molar-refractivity contribution in [2.24, 2.45) is 10.7 Å². The summed E-state index contributed by atoms with van der Waals surface area (Å²) in [6.45, 7) is -3.59. The largest absolute Gasteiger partial charge is 0.435 e. The van der Waals surface area contributed by atoms with Gasteiger partial charge in [0.25, 0.3) is 5.91 Å². The highest BCUT2D eigenvalue weighted by Gasteiger charge is 2.49. The van der Waals surface area contributed by atoms with Crippen LogP contribution in [0.25, 0.3) is 0 Å². The molecule has 1 amide bonds. The number of aliphatic imine (C=N–C) groups is 1. The molecule has 3 rings (SSSR count). The SMILES string of the molecule is CN1C(=O)[C@@](c2ccc(OC(F)F)cc2)(c2cccc(C(=O)CCCF)c2)N=C1N. The highest BCUT2D eigenvalue weighted by atomic mass is 19.3. The molecule has 0 radical (unpaired) electrons.